The fraction of sp³-hybridized carbons (Fsp3) is 1.00. The van der Waals surface area contributed by atoms with Crippen LogP contribution >= 0.6 is 0 Å². The first-order valence-electron chi connectivity index (χ1n) is 10.9. The van der Waals surface area contributed by atoms with Crippen LogP contribution in [-0.4, -0.2) is 60.2 Å². The Bertz CT molecular complexity index is 282. The van der Waals surface area contributed by atoms with E-state index < -0.39 is 6.10 Å². The van der Waals surface area contributed by atoms with Gasteiger partial charge in [0.1, 0.15) is 0 Å². The summed E-state index contributed by atoms with van der Waals surface area (Å²) in [6.07, 6.45) is 16.4. The predicted octanol–water partition coefficient (Wildman–Crippen LogP) is 4.13. The summed E-state index contributed by atoms with van der Waals surface area (Å²) in [5.74, 6) is 0. The third-order valence-electron chi connectivity index (χ3n) is 5.42. The summed E-state index contributed by atoms with van der Waals surface area (Å²) in [4.78, 5) is 2.19. The van der Waals surface area contributed by atoms with E-state index in [2.05, 4.69) is 11.8 Å². The van der Waals surface area contributed by atoms with Gasteiger partial charge in [-0.05, 0) is 32.4 Å². The van der Waals surface area contributed by atoms with E-state index in [9.17, 15) is 10.2 Å². The summed E-state index contributed by atoms with van der Waals surface area (Å²) in [6.45, 7) is 5.33. The van der Waals surface area contributed by atoms with Gasteiger partial charge in [-0.1, -0.05) is 71.1 Å². The monoisotopic (exact) mass is 357 g/mol. The zero-order chi connectivity index (χ0) is 18.2. The molecule has 1 saturated heterocycles. The number of nitrogens with zero attached hydrogens (tertiary/aromatic N) is 1. The van der Waals surface area contributed by atoms with Gasteiger partial charge in [-0.2, -0.15) is 0 Å². The quantitative estimate of drug-likeness (QED) is 0.384. The van der Waals surface area contributed by atoms with Crippen molar-refractivity contribution in [3.05, 3.63) is 0 Å². The van der Waals surface area contributed by atoms with Crippen LogP contribution in [0.2, 0.25) is 0 Å². The topological polar surface area (TPSA) is 52.9 Å². The van der Waals surface area contributed by atoms with Crippen LogP contribution < -0.4 is 0 Å². The van der Waals surface area contributed by atoms with E-state index in [-0.39, 0.29) is 12.6 Å². The van der Waals surface area contributed by atoms with Gasteiger partial charge in [-0.3, -0.25) is 4.90 Å². The average Bonchev–Trinajstić information content (AvgIpc) is 3.14. The van der Waals surface area contributed by atoms with Gasteiger partial charge in [0.25, 0.3) is 0 Å². The number of hydrogen-bond acceptors (Lipinski definition) is 4. The molecule has 1 aliphatic rings. The average molecular weight is 358 g/mol. The molecule has 4 heteroatoms. The lowest BCUT2D eigenvalue weighted by atomic mass is 10.1. The molecule has 25 heavy (non-hydrogen) atoms. The Hall–Kier alpha value is -0.160. The van der Waals surface area contributed by atoms with Crippen LogP contribution in [0, 0.1) is 0 Å². The van der Waals surface area contributed by atoms with Crippen molar-refractivity contribution in [3.63, 3.8) is 0 Å². The molecule has 1 heterocycles. The zero-order valence-corrected chi connectivity index (χ0v) is 16.6. The molecule has 150 valence electrons. The maximum Gasteiger partial charge on any atom is 0.0950 e. The fourth-order valence-electron chi connectivity index (χ4n) is 3.74. The minimum Gasteiger partial charge on any atom is -0.395 e. The minimum atomic E-state index is -0.573. The SMILES string of the molecule is CCCCCCCCCCCCCOCC(O)C(CO)N1CCCC1. The molecule has 0 spiro atoms. The molecule has 0 aromatic rings. The first kappa shape index (κ1) is 22.9. The maximum absolute atomic E-state index is 10.2. The zero-order valence-electron chi connectivity index (χ0n) is 16.6. The lowest BCUT2D eigenvalue weighted by Gasteiger charge is -2.29. The van der Waals surface area contributed by atoms with Crippen molar-refractivity contribution in [1.82, 2.24) is 4.90 Å². The Morgan fingerprint density at radius 2 is 1.36 bits per heavy atom. The summed E-state index contributed by atoms with van der Waals surface area (Å²) in [5.41, 5.74) is 0. The van der Waals surface area contributed by atoms with Crippen LogP contribution in [0.1, 0.15) is 90.4 Å². The van der Waals surface area contributed by atoms with Crippen molar-refractivity contribution in [1.29, 1.82) is 0 Å². The molecule has 2 N–H and O–H groups in total. The molecule has 0 radical (unpaired) electrons. The lowest BCUT2D eigenvalue weighted by molar-refractivity contribution is -0.0295. The highest BCUT2D eigenvalue weighted by atomic mass is 16.5. The van der Waals surface area contributed by atoms with E-state index in [1.54, 1.807) is 0 Å². The molecule has 0 saturated carbocycles. The molecule has 2 unspecified atom stereocenters. The number of rotatable bonds is 17. The van der Waals surface area contributed by atoms with Gasteiger partial charge in [-0.25, -0.2) is 0 Å². The van der Waals surface area contributed by atoms with E-state index in [1.165, 1.54) is 77.0 Å². The van der Waals surface area contributed by atoms with Crippen LogP contribution in [0.25, 0.3) is 0 Å². The molecule has 2 atom stereocenters. The van der Waals surface area contributed by atoms with Gasteiger partial charge in [0, 0.05) is 6.61 Å². The van der Waals surface area contributed by atoms with Gasteiger partial charge in [0.2, 0.25) is 0 Å². The van der Waals surface area contributed by atoms with Gasteiger partial charge >= 0.3 is 0 Å². The molecule has 0 aliphatic carbocycles. The maximum atomic E-state index is 10.2. The van der Waals surface area contributed by atoms with E-state index >= 15 is 0 Å². The predicted molar refractivity (Wildman–Crippen MR) is 105 cm³/mol. The van der Waals surface area contributed by atoms with Gasteiger partial charge in [0.05, 0.1) is 25.4 Å². The Balaban J connectivity index is 1.86. The van der Waals surface area contributed by atoms with Crippen LogP contribution in [0.3, 0.4) is 0 Å². The van der Waals surface area contributed by atoms with E-state index in [4.69, 9.17) is 4.74 Å². The van der Waals surface area contributed by atoms with Gasteiger partial charge in [0.15, 0.2) is 0 Å². The Kier molecular flexibility index (Phi) is 14.7. The number of hydrogen-bond donors (Lipinski definition) is 2. The highest BCUT2D eigenvalue weighted by Gasteiger charge is 2.27. The summed E-state index contributed by atoms with van der Waals surface area (Å²) in [7, 11) is 0. The Labute approximate surface area is 155 Å². The second-order valence-electron chi connectivity index (χ2n) is 7.67. The van der Waals surface area contributed by atoms with Crippen LogP contribution in [0.5, 0.6) is 0 Å². The normalized spacial score (nSPS) is 17.9. The molecule has 1 fully saturated rings. The first-order valence-corrected chi connectivity index (χ1v) is 10.9. The van der Waals surface area contributed by atoms with Crippen molar-refractivity contribution in [3.8, 4) is 0 Å². The van der Waals surface area contributed by atoms with Gasteiger partial charge < -0.3 is 14.9 Å². The molecular formula is C21H43NO3. The number of unbranched alkanes of at least 4 members (excludes halogenated alkanes) is 10. The van der Waals surface area contributed by atoms with E-state index in [0.29, 0.717) is 6.61 Å². The number of likely N-dealkylation sites (tertiary alicyclic amines) is 1. The van der Waals surface area contributed by atoms with Crippen molar-refractivity contribution < 1.29 is 14.9 Å². The number of aliphatic hydroxyl groups excluding tert-OH is 2. The molecule has 0 aromatic heterocycles. The smallest absolute Gasteiger partial charge is 0.0950 e. The second-order valence-corrected chi connectivity index (χ2v) is 7.67. The highest BCUT2D eigenvalue weighted by molar-refractivity contribution is 4.81. The van der Waals surface area contributed by atoms with Crippen LogP contribution in [0.4, 0.5) is 0 Å². The summed E-state index contributed by atoms with van der Waals surface area (Å²) in [6, 6.07) is -0.153. The van der Waals surface area contributed by atoms with Crippen LogP contribution in [-0.2, 0) is 4.74 Å². The molecule has 1 aliphatic heterocycles. The Morgan fingerprint density at radius 1 is 0.840 bits per heavy atom. The molecule has 0 bridgehead atoms. The third kappa shape index (κ3) is 11.2. The summed E-state index contributed by atoms with van der Waals surface area (Å²) < 4.78 is 5.63. The van der Waals surface area contributed by atoms with E-state index in [1.807, 2.05) is 0 Å². The number of aliphatic hydroxyl groups is 2. The van der Waals surface area contributed by atoms with E-state index in [0.717, 1.165) is 26.1 Å². The van der Waals surface area contributed by atoms with Crippen molar-refractivity contribution in [2.24, 2.45) is 0 Å². The summed E-state index contributed by atoms with van der Waals surface area (Å²) >= 11 is 0. The Morgan fingerprint density at radius 3 is 1.88 bits per heavy atom. The molecule has 1 rings (SSSR count). The van der Waals surface area contributed by atoms with Crippen molar-refractivity contribution in [2.45, 2.75) is 103 Å². The van der Waals surface area contributed by atoms with Gasteiger partial charge in [-0.15, -0.1) is 0 Å². The molecule has 0 amide bonds. The van der Waals surface area contributed by atoms with Crippen LogP contribution in [0.15, 0.2) is 0 Å². The van der Waals surface area contributed by atoms with Crippen molar-refractivity contribution in [2.75, 3.05) is 32.9 Å². The van der Waals surface area contributed by atoms with Crippen molar-refractivity contribution >= 4 is 0 Å². The fourth-order valence-corrected chi connectivity index (χ4v) is 3.74. The summed E-state index contributed by atoms with van der Waals surface area (Å²) in [5, 5.41) is 19.7. The molecule has 0 aromatic carbocycles. The molecule has 4 nitrogen and oxygen atoms in total. The lowest BCUT2D eigenvalue weighted by Crippen LogP contribution is -2.46. The third-order valence-corrected chi connectivity index (χ3v) is 5.42. The second kappa shape index (κ2) is 16.0. The standard InChI is InChI=1S/C21H43NO3/c1-2-3-4-5-6-7-8-9-10-11-14-17-25-19-21(24)20(18-23)22-15-12-13-16-22/h20-21,23-24H,2-19H2,1H3. The minimum absolute atomic E-state index is 0.0168. The first-order chi connectivity index (χ1) is 12.3. The highest BCUT2D eigenvalue weighted by Crippen LogP contribution is 2.15. The molecular weight excluding hydrogens is 314 g/mol. The number of ether oxygens (including phenoxy) is 1. The largest absolute Gasteiger partial charge is 0.395 e.